The lowest BCUT2D eigenvalue weighted by atomic mass is 9.64. The molecule has 1 saturated carbocycles. The summed E-state index contributed by atoms with van der Waals surface area (Å²) in [6, 6.07) is -0.0765. The summed E-state index contributed by atoms with van der Waals surface area (Å²) in [6.07, 6.45) is 0.970. The van der Waals surface area contributed by atoms with Gasteiger partial charge in [0.25, 0.3) is 0 Å². The number of ether oxygens (including phenoxy) is 1. The minimum Gasteiger partial charge on any atom is -0.481 e. The summed E-state index contributed by atoms with van der Waals surface area (Å²) < 4.78 is 5.36. The summed E-state index contributed by atoms with van der Waals surface area (Å²) in [7, 11) is 1.68. The van der Waals surface area contributed by atoms with Crippen molar-refractivity contribution >= 4 is 12.0 Å². The molecule has 0 aromatic carbocycles. The second kappa shape index (κ2) is 5.24. The number of carbonyl (C=O) groups is 2. The van der Waals surface area contributed by atoms with Gasteiger partial charge in [0, 0.05) is 31.7 Å². The summed E-state index contributed by atoms with van der Waals surface area (Å²) in [5.74, 6) is -1.28. The monoisotopic (exact) mass is 284 g/mol. The van der Waals surface area contributed by atoms with Crippen LogP contribution in [-0.4, -0.2) is 54.4 Å². The fraction of sp³-hybridized carbons (Fsp3) is 0.857. The first-order valence-corrected chi connectivity index (χ1v) is 7.08. The average Bonchev–Trinajstić information content (AvgIpc) is 2.76. The maximum Gasteiger partial charge on any atom is 0.317 e. The molecule has 2 rings (SSSR count). The zero-order valence-electron chi connectivity index (χ0n) is 12.5. The number of hydrogen-bond donors (Lipinski definition) is 2. The van der Waals surface area contributed by atoms with Crippen LogP contribution < -0.4 is 5.32 Å². The molecule has 2 aliphatic rings. The van der Waals surface area contributed by atoms with E-state index in [-0.39, 0.29) is 29.5 Å². The predicted molar refractivity (Wildman–Crippen MR) is 73.4 cm³/mol. The Balaban J connectivity index is 1.90. The van der Waals surface area contributed by atoms with Crippen LogP contribution >= 0.6 is 0 Å². The molecule has 114 valence electrons. The van der Waals surface area contributed by atoms with Crippen LogP contribution in [0.25, 0.3) is 0 Å². The third kappa shape index (κ3) is 2.49. The van der Waals surface area contributed by atoms with Gasteiger partial charge < -0.3 is 20.1 Å². The number of urea groups is 1. The molecular weight excluding hydrogens is 260 g/mol. The van der Waals surface area contributed by atoms with Crippen molar-refractivity contribution < 1.29 is 19.4 Å². The fourth-order valence-corrected chi connectivity index (χ4v) is 3.22. The van der Waals surface area contributed by atoms with Crippen LogP contribution in [0, 0.1) is 17.3 Å². The smallest absolute Gasteiger partial charge is 0.317 e. The molecule has 6 heteroatoms. The second-order valence-electron chi connectivity index (χ2n) is 6.61. The Morgan fingerprint density at radius 1 is 1.35 bits per heavy atom. The van der Waals surface area contributed by atoms with Gasteiger partial charge in [0.05, 0.1) is 12.0 Å². The zero-order chi connectivity index (χ0) is 15.1. The van der Waals surface area contributed by atoms with Crippen LogP contribution in [0.4, 0.5) is 4.79 Å². The van der Waals surface area contributed by atoms with E-state index in [2.05, 4.69) is 19.2 Å². The molecule has 4 atom stereocenters. The van der Waals surface area contributed by atoms with Gasteiger partial charge in [-0.3, -0.25) is 4.79 Å². The highest BCUT2D eigenvalue weighted by Gasteiger charge is 2.50. The number of likely N-dealkylation sites (tertiary alicyclic amines) is 1. The molecule has 0 aromatic heterocycles. The number of carboxylic acids is 1. The summed E-state index contributed by atoms with van der Waals surface area (Å²) in [5, 5.41) is 12.1. The van der Waals surface area contributed by atoms with E-state index in [4.69, 9.17) is 9.84 Å². The maximum atomic E-state index is 12.2. The van der Waals surface area contributed by atoms with Gasteiger partial charge in [-0.2, -0.15) is 0 Å². The van der Waals surface area contributed by atoms with E-state index in [1.165, 1.54) is 0 Å². The minimum atomic E-state index is -0.823. The third-order valence-corrected chi connectivity index (χ3v) is 4.98. The Bertz CT molecular complexity index is 410. The Kier molecular flexibility index (Phi) is 3.95. The summed E-state index contributed by atoms with van der Waals surface area (Å²) in [6.45, 7) is 6.82. The Morgan fingerprint density at radius 2 is 2.00 bits per heavy atom. The summed E-state index contributed by atoms with van der Waals surface area (Å²) in [4.78, 5) is 24.9. The largest absolute Gasteiger partial charge is 0.481 e. The number of rotatable bonds is 3. The lowest BCUT2D eigenvalue weighted by Crippen LogP contribution is -2.63. The number of carboxylic acid groups (broad SMARTS) is 1. The predicted octanol–water partition coefficient (Wildman–Crippen LogP) is 1.16. The average molecular weight is 284 g/mol. The number of carbonyl (C=O) groups excluding carboxylic acids is 1. The summed E-state index contributed by atoms with van der Waals surface area (Å²) in [5.41, 5.74) is -0.0814. The van der Waals surface area contributed by atoms with E-state index >= 15 is 0 Å². The molecule has 1 saturated heterocycles. The molecule has 1 aliphatic carbocycles. The van der Waals surface area contributed by atoms with Gasteiger partial charge in [0.2, 0.25) is 0 Å². The molecule has 0 spiro atoms. The van der Waals surface area contributed by atoms with E-state index < -0.39 is 11.9 Å². The highest BCUT2D eigenvalue weighted by Crippen LogP contribution is 2.42. The van der Waals surface area contributed by atoms with Crippen molar-refractivity contribution in [2.45, 2.75) is 39.3 Å². The number of nitrogens with zero attached hydrogens (tertiary/aromatic N) is 1. The molecule has 2 amide bonds. The number of hydrogen-bond acceptors (Lipinski definition) is 3. The van der Waals surface area contributed by atoms with Gasteiger partial charge in [-0.15, -0.1) is 0 Å². The van der Waals surface area contributed by atoms with Crippen LogP contribution in [-0.2, 0) is 9.53 Å². The van der Waals surface area contributed by atoms with Crippen molar-refractivity contribution in [3.05, 3.63) is 0 Å². The van der Waals surface area contributed by atoms with Gasteiger partial charge >= 0.3 is 12.0 Å². The molecular formula is C14H24N2O4. The molecule has 0 bridgehead atoms. The lowest BCUT2D eigenvalue weighted by Gasteiger charge is -2.51. The van der Waals surface area contributed by atoms with Crippen molar-refractivity contribution in [3.8, 4) is 0 Å². The van der Waals surface area contributed by atoms with Gasteiger partial charge in [0.15, 0.2) is 0 Å². The van der Waals surface area contributed by atoms with E-state index in [1.807, 2.05) is 6.92 Å². The molecule has 20 heavy (non-hydrogen) atoms. The Labute approximate surface area is 119 Å². The number of methoxy groups -OCH3 is 1. The third-order valence-electron chi connectivity index (χ3n) is 4.98. The van der Waals surface area contributed by atoms with Crippen molar-refractivity contribution in [2.75, 3.05) is 20.2 Å². The van der Waals surface area contributed by atoms with E-state index in [0.717, 1.165) is 6.42 Å². The second-order valence-corrected chi connectivity index (χ2v) is 6.61. The van der Waals surface area contributed by atoms with Crippen LogP contribution in [0.5, 0.6) is 0 Å². The van der Waals surface area contributed by atoms with Crippen molar-refractivity contribution in [1.82, 2.24) is 10.2 Å². The van der Waals surface area contributed by atoms with E-state index in [9.17, 15) is 9.59 Å². The SMILES string of the molecule is COC1CC(NC(=O)N2CC(C)C(C(=O)O)C2)C1(C)C. The normalized spacial score (nSPS) is 35.5. The quantitative estimate of drug-likeness (QED) is 0.815. The number of amides is 2. The van der Waals surface area contributed by atoms with Gasteiger partial charge in [0.1, 0.15) is 0 Å². The standard InChI is InChI=1S/C14H24N2O4/c1-8-6-16(7-9(8)12(17)18)13(19)15-10-5-11(20-4)14(10,2)3/h8-11H,5-7H2,1-4H3,(H,15,19)(H,17,18). The van der Waals surface area contributed by atoms with Crippen LogP contribution in [0.3, 0.4) is 0 Å². The molecule has 2 fully saturated rings. The molecule has 4 unspecified atom stereocenters. The molecule has 0 aromatic rings. The zero-order valence-corrected chi connectivity index (χ0v) is 12.5. The molecule has 1 aliphatic heterocycles. The first-order chi connectivity index (χ1) is 9.27. The van der Waals surface area contributed by atoms with Crippen LogP contribution in [0.2, 0.25) is 0 Å². The molecule has 1 heterocycles. The lowest BCUT2D eigenvalue weighted by molar-refractivity contribution is -0.142. The van der Waals surface area contributed by atoms with Crippen molar-refractivity contribution in [3.63, 3.8) is 0 Å². The number of nitrogens with one attached hydrogen (secondary N) is 1. The summed E-state index contributed by atoms with van der Waals surface area (Å²) >= 11 is 0. The first-order valence-electron chi connectivity index (χ1n) is 7.08. The minimum absolute atomic E-state index is 0.000579. The maximum absolute atomic E-state index is 12.2. The molecule has 6 nitrogen and oxygen atoms in total. The van der Waals surface area contributed by atoms with Gasteiger partial charge in [-0.25, -0.2) is 4.79 Å². The Morgan fingerprint density at radius 3 is 2.45 bits per heavy atom. The van der Waals surface area contributed by atoms with Crippen LogP contribution in [0.15, 0.2) is 0 Å². The van der Waals surface area contributed by atoms with E-state index in [1.54, 1.807) is 12.0 Å². The van der Waals surface area contributed by atoms with Gasteiger partial charge in [-0.1, -0.05) is 20.8 Å². The van der Waals surface area contributed by atoms with Crippen molar-refractivity contribution in [2.24, 2.45) is 17.3 Å². The highest BCUT2D eigenvalue weighted by atomic mass is 16.5. The Hall–Kier alpha value is -1.30. The fourth-order valence-electron chi connectivity index (χ4n) is 3.22. The first kappa shape index (κ1) is 15.1. The molecule has 2 N–H and O–H groups in total. The van der Waals surface area contributed by atoms with E-state index in [0.29, 0.717) is 13.1 Å². The molecule has 0 radical (unpaired) electrons. The van der Waals surface area contributed by atoms with Crippen LogP contribution in [0.1, 0.15) is 27.2 Å². The van der Waals surface area contributed by atoms with Gasteiger partial charge in [-0.05, 0) is 12.3 Å². The topological polar surface area (TPSA) is 78.9 Å². The van der Waals surface area contributed by atoms with Crippen molar-refractivity contribution in [1.29, 1.82) is 0 Å². The highest BCUT2D eigenvalue weighted by molar-refractivity contribution is 5.78. The number of aliphatic carboxylic acids is 1.